The zero-order valence-corrected chi connectivity index (χ0v) is 25.5. The lowest BCUT2D eigenvalue weighted by atomic mass is 9.68. The van der Waals surface area contributed by atoms with Gasteiger partial charge in [-0.05, 0) is 80.0 Å². The summed E-state index contributed by atoms with van der Waals surface area (Å²) in [6.07, 6.45) is 15.7. The van der Waals surface area contributed by atoms with Crippen molar-refractivity contribution < 1.29 is 13.2 Å². The number of nitrogens with zero attached hydrogens (tertiary/aromatic N) is 4. The number of H-pyrrole nitrogens is 1. The van der Waals surface area contributed by atoms with Gasteiger partial charge in [0.05, 0.1) is 23.5 Å². The number of aromatic nitrogens is 4. The zero-order valence-electron chi connectivity index (χ0n) is 24.7. The first-order chi connectivity index (χ1) is 20.8. The molecule has 0 bridgehead atoms. The van der Waals surface area contributed by atoms with E-state index in [1.54, 1.807) is 24.8 Å². The Morgan fingerprint density at radius 3 is 2.56 bits per heavy atom. The highest BCUT2D eigenvalue weighted by molar-refractivity contribution is 7.90. The molecule has 4 heterocycles. The number of benzene rings is 1. The van der Waals surface area contributed by atoms with Crippen LogP contribution in [0.4, 0.5) is 5.82 Å². The minimum Gasteiger partial charge on any atom is -0.379 e. The molecule has 2 N–H and O–H groups in total. The number of aryl methyl sites for hydroxylation is 1. The Labute approximate surface area is 252 Å². The molecule has 1 saturated heterocycles. The largest absolute Gasteiger partial charge is 0.379 e. The molecule has 4 aromatic rings. The fourth-order valence-electron chi connectivity index (χ4n) is 7.33. The van der Waals surface area contributed by atoms with Gasteiger partial charge in [-0.2, -0.15) is 0 Å². The number of ether oxygens (including phenoxy) is 1. The zero-order chi connectivity index (χ0) is 29.6. The number of aromatic amines is 1. The molecule has 224 valence electrons. The Morgan fingerprint density at radius 2 is 1.81 bits per heavy atom. The third kappa shape index (κ3) is 5.25. The van der Waals surface area contributed by atoms with Crippen LogP contribution in [-0.2, 0) is 26.4 Å². The molecule has 0 radical (unpaired) electrons. The highest BCUT2D eigenvalue weighted by atomic mass is 32.2. The van der Waals surface area contributed by atoms with Gasteiger partial charge in [-0.25, -0.2) is 18.4 Å². The van der Waals surface area contributed by atoms with Crippen molar-refractivity contribution in [2.45, 2.75) is 61.4 Å². The first-order valence-electron chi connectivity index (χ1n) is 15.2. The van der Waals surface area contributed by atoms with Crippen LogP contribution in [0.25, 0.3) is 17.1 Å². The summed E-state index contributed by atoms with van der Waals surface area (Å²) in [5.74, 6) is 0.837. The number of nitrogens with one attached hydrogen (secondary N) is 2. The maximum Gasteiger partial charge on any atom is 0.175 e. The number of rotatable bonds is 6. The number of fused-ring (bicyclic) bond motifs is 3. The van der Waals surface area contributed by atoms with Gasteiger partial charge in [-0.1, -0.05) is 23.8 Å². The summed E-state index contributed by atoms with van der Waals surface area (Å²) in [6.45, 7) is 5.72. The van der Waals surface area contributed by atoms with Crippen molar-refractivity contribution in [2.24, 2.45) is 0 Å². The minimum atomic E-state index is -3.50. The Hall–Kier alpha value is -3.60. The third-order valence-electron chi connectivity index (χ3n) is 9.53. The number of morpholine rings is 1. The van der Waals surface area contributed by atoms with E-state index in [0.29, 0.717) is 23.4 Å². The maximum absolute atomic E-state index is 13.1. The molecule has 1 atom stereocenters. The lowest BCUT2D eigenvalue weighted by Gasteiger charge is -2.39. The molecule has 9 nitrogen and oxygen atoms in total. The summed E-state index contributed by atoms with van der Waals surface area (Å²) in [4.78, 5) is 20.1. The van der Waals surface area contributed by atoms with Gasteiger partial charge in [-0.3, -0.25) is 9.88 Å². The number of anilines is 1. The van der Waals surface area contributed by atoms with Crippen LogP contribution in [0.15, 0.2) is 60.0 Å². The molecular weight excluding hydrogens is 560 g/mol. The Balaban J connectivity index is 1.27. The van der Waals surface area contributed by atoms with Crippen LogP contribution >= 0.6 is 0 Å². The molecule has 0 spiro atoms. The Morgan fingerprint density at radius 1 is 1.05 bits per heavy atom. The lowest BCUT2D eigenvalue weighted by molar-refractivity contribution is 0.00791. The van der Waals surface area contributed by atoms with Crippen molar-refractivity contribution in [1.82, 2.24) is 24.8 Å². The summed E-state index contributed by atoms with van der Waals surface area (Å²) in [5, 5.41) is 4.77. The molecule has 1 aliphatic heterocycles. The van der Waals surface area contributed by atoms with Crippen LogP contribution in [-0.4, -0.2) is 77.9 Å². The monoisotopic (exact) mass is 598 g/mol. The van der Waals surface area contributed by atoms with Crippen molar-refractivity contribution in [2.75, 3.05) is 37.9 Å². The van der Waals surface area contributed by atoms with Gasteiger partial charge in [0.2, 0.25) is 0 Å². The first-order valence-corrected chi connectivity index (χ1v) is 17.1. The van der Waals surface area contributed by atoms with E-state index in [-0.39, 0.29) is 0 Å². The molecule has 1 unspecified atom stereocenters. The van der Waals surface area contributed by atoms with Crippen molar-refractivity contribution in [3.63, 3.8) is 0 Å². The van der Waals surface area contributed by atoms with Crippen LogP contribution in [0.5, 0.6) is 0 Å². The average molecular weight is 599 g/mol. The molecule has 3 aliphatic rings. The average Bonchev–Trinajstić information content (AvgIpc) is 3.40. The lowest BCUT2D eigenvalue weighted by Crippen LogP contribution is -2.46. The van der Waals surface area contributed by atoms with Crippen LogP contribution in [0.3, 0.4) is 0 Å². The van der Waals surface area contributed by atoms with Gasteiger partial charge >= 0.3 is 0 Å². The van der Waals surface area contributed by atoms with Gasteiger partial charge in [-0.15, -0.1) is 0 Å². The number of hydrogen-bond donors (Lipinski definition) is 2. The van der Waals surface area contributed by atoms with E-state index < -0.39 is 15.3 Å². The fourth-order valence-corrected chi connectivity index (χ4v) is 8.28. The minimum absolute atomic E-state index is 0.332. The van der Waals surface area contributed by atoms with Crippen LogP contribution in [0, 0.1) is 6.92 Å². The number of sulfone groups is 1. The van der Waals surface area contributed by atoms with Gasteiger partial charge in [0.1, 0.15) is 17.8 Å². The summed E-state index contributed by atoms with van der Waals surface area (Å²) in [6, 6.07) is 10.6. The van der Waals surface area contributed by atoms with E-state index in [4.69, 9.17) is 9.72 Å². The summed E-state index contributed by atoms with van der Waals surface area (Å²) >= 11 is 0. The van der Waals surface area contributed by atoms with Crippen LogP contribution in [0.2, 0.25) is 0 Å². The predicted octanol–water partition coefficient (Wildman–Crippen LogP) is 4.68. The standard InChI is InChI=1S/C33H38N6O3S/c1-22-3-8-29(43(2,40)41)27(19-22)33(23-10-13-34-14-11-23)12-9-28-26(20-33)30-31(35-21-36-32(30)38-28)37-24-4-6-25(7-5-24)39-15-17-42-18-16-39/h3,8-14,19,21,24-25H,4-7,15-18,20H2,1-2H3,(H2,35,36,37,38). The summed E-state index contributed by atoms with van der Waals surface area (Å²) < 4.78 is 31.8. The second kappa shape index (κ2) is 11.2. The smallest absolute Gasteiger partial charge is 0.175 e. The summed E-state index contributed by atoms with van der Waals surface area (Å²) in [7, 11) is -3.50. The van der Waals surface area contributed by atoms with Gasteiger partial charge in [0, 0.05) is 54.9 Å². The highest BCUT2D eigenvalue weighted by Gasteiger charge is 2.40. The van der Waals surface area contributed by atoms with Gasteiger partial charge in [0.25, 0.3) is 0 Å². The highest BCUT2D eigenvalue weighted by Crippen LogP contribution is 2.46. The van der Waals surface area contributed by atoms with Crippen LogP contribution < -0.4 is 5.32 Å². The SMILES string of the molecule is Cc1ccc(S(C)(=O)=O)c(C2(c3ccncc3)C=Cc3[nH]c4ncnc(NC5CCC(N6CCOCC6)CC5)c4c3C2)c1. The Bertz CT molecular complexity index is 1770. The number of allylic oxidation sites excluding steroid dienone is 1. The molecule has 1 aromatic carbocycles. The molecule has 2 aliphatic carbocycles. The number of pyridine rings is 1. The van der Waals surface area contributed by atoms with Crippen molar-refractivity contribution in [3.8, 4) is 0 Å². The van der Waals surface area contributed by atoms with Crippen molar-refractivity contribution in [3.05, 3.63) is 83.1 Å². The Kier molecular flexibility index (Phi) is 7.31. The van der Waals surface area contributed by atoms with E-state index in [9.17, 15) is 8.42 Å². The molecular formula is C33H38N6O3S. The third-order valence-corrected chi connectivity index (χ3v) is 10.7. The molecule has 0 amide bonds. The van der Waals surface area contributed by atoms with E-state index in [1.165, 1.54) is 6.26 Å². The molecule has 1 saturated carbocycles. The molecule has 43 heavy (non-hydrogen) atoms. The normalized spacial score (nSPS) is 24.6. The van der Waals surface area contributed by atoms with Gasteiger partial charge < -0.3 is 15.0 Å². The summed E-state index contributed by atoms with van der Waals surface area (Å²) in [5.41, 5.74) is 4.89. The van der Waals surface area contributed by atoms with Crippen molar-refractivity contribution in [1.29, 1.82) is 0 Å². The maximum atomic E-state index is 13.1. The molecule has 2 fully saturated rings. The van der Waals surface area contributed by atoms with E-state index >= 15 is 0 Å². The van der Waals surface area contributed by atoms with Gasteiger partial charge in [0.15, 0.2) is 9.84 Å². The quantitative estimate of drug-likeness (QED) is 0.329. The second-order valence-corrected chi connectivity index (χ2v) is 14.2. The van der Waals surface area contributed by atoms with E-state index in [0.717, 1.165) is 96.8 Å². The second-order valence-electron chi connectivity index (χ2n) is 12.3. The molecule has 10 heteroatoms. The predicted molar refractivity (Wildman–Crippen MR) is 168 cm³/mol. The van der Waals surface area contributed by atoms with E-state index in [1.807, 2.05) is 31.2 Å². The van der Waals surface area contributed by atoms with E-state index in [2.05, 4.69) is 37.3 Å². The number of hydrogen-bond acceptors (Lipinski definition) is 8. The topological polar surface area (TPSA) is 113 Å². The molecule has 3 aromatic heterocycles. The van der Waals surface area contributed by atoms with Crippen molar-refractivity contribution >= 4 is 32.8 Å². The fraction of sp³-hybridized carbons (Fsp3) is 0.424. The van der Waals surface area contributed by atoms with Crippen LogP contribution in [0.1, 0.15) is 53.6 Å². The molecule has 7 rings (SSSR count). The first kappa shape index (κ1) is 28.2.